The lowest BCUT2D eigenvalue weighted by atomic mass is 10.0. The maximum Gasteiger partial charge on any atom is 0.306 e. The maximum absolute atomic E-state index is 12.7. The summed E-state index contributed by atoms with van der Waals surface area (Å²) in [5, 5.41) is 0. The van der Waals surface area contributed by atoms with E-state index in [1.54, 1.807) is 0 Å². The number of allylic oxidation sites excluding steroid dienone is 10. The van der Waals surface area contributed by atoms with Gasteiger partial charge in [-0.1, -0.05) is 216 Å². The molecule has 0 aromatic heterocycles. The summed E-state index contributed by atoms with van der Waals surface area (Å²) < 4.78 is 16.6. The molecule has 0 spiro atoms. The summed E-state index contributed by atoms with van der Waals surface area (Å²) in [6, 6.07) is 0. The lowest BCUT2D eigenvalue weighted by molar-refractivity contribution is -0.167. The van der Waals surface area contributed by atoms with Gasteiger partial charge in [0.05, 0.1) is 0 Å². The van der Waals surface area contributed by atoms with Crippen LogP contribution in [0.5, 0.6) is 0 Å². The molecular formula is C48H82O6. The Hall–Kier alpha value is -2.89. The van der Waals surface area contributed by atoms with E-state index >= 15 is 0 Å². The van der Waals surface area contributed by atoms with E-state index in [2.05, 4.69) is 26.8 Å². The molecule has 1 atom stereocenters. The first-order chi connectivity index (χ1) is 26.5. The van der Waals surface area contributed by atoms with Gasteiger partial charge in [0, 0.05) is 19.3 Å². The van der Waals surface area contributed by atoms with Crippen molar-refractivity contribution in [3.05, 3.63) is 60.8 Å². The minimum absolute atomic E-state index is 0.0943. The zero-order valence-electron chi connectivity index (χ0n) is 35.2. The Labute approximate surface area is 332 Å². The molecule has 310 valence electrons. The van der Waals surface area contributed by atoms with Gasteiger partial charge >= 0.3 is 17.9 Å². The van der Waals surface area contributed by atoms with E-state index in [0.29, 0.717) is 19.3 Å². The second kappa shape index (κ2) is 42.8. The highest BCUT2D eigenvalue weighted by atomic mass is 16.6. The second-order valence-corrected chi connectivity index (χ2v) is 14.7. The number of esters is 3. The summed E-state index contributed by atoms with van der Waals surface area (Å²) in [4.78, 5) is 37.6. The van der Waals surface area contributed by atoms with E-state index < -0.39 is 6.10 Å². The van der Waals surface area contributed by atoms with Gasteiger partial charge in [0.2, 0.25) is 0 Å². The Morgan fingerprint density at radius 2 is 0.722 bits per heavy atom. The Morgan fingerprint density at radius 1 is 0.389 bits per heavy atom. The van der Waals surface area contributed by atoms with Gasteiger partial charge in [-0.25, -0.2) is 0 Å². The van der Waals surface area contributed by atoms with E-state index in [-0.39, 0.29) is 37.5 Å². The lowest BCUT2D eigenvalue weighted by Crippen LogP contribution is -2.30. The molecule has 54 heavy (non-hydrogen) atoms. The highest BCUT2D eigenvalue weighted by Crippen LogP contribution is 2.15. The third-order valence-corrected chi connectivity index (χ3v) is 9.41. The van der Waals surface area contributed by atoms with Gasteiger partial charge in [-0.3, -0.25) is 14.4 Å². The van der Waals surface area contributed by atoms with Gasteiger partial charge in [0.1, 0.15) is 13.2 Å². The average Bonchev–Trinajstić information content (AvgIpc) is 3.17. The van der Waals surface area contributed by atoms with Crippen LogP contribution in [-0.2, 0) is 28.6 Å². The van der Waals surface area contributed by atoms with E-state index in [9.17, 15) is 14.4 Å². The fourth-order valence-electron chi connectivity index (χ4n) is 6.06. The molecule has 0 aliphatic heterocycles. The van der Waals surface area contributed by atoms with Gasteiger partial charge in [0.25, 0.3) is 0 Å². The lowest BCUT2D eigenvalue weighted by Gasteiger charge is -2.18. The van der Waals surface area contributed by atoms with Crippen molar-refractivity contribution in [2.45, 2.75) is 213 Å². The summed E-state index contributed by atoms with van der Waals surface area (Å²) in [7, 11) is 0. The van der Waals surface area contributed by atoms with Gasteiger partial charge in [0.15, 0.2) is 6.10 Å². The van der Waals surface area contributed by atoms with Crippen molar-refractivity contribution in [2.24, 2.45) is 0 Å². The van der Waals surface area contributed by atoms with Crippen LogP contribution in [0.2, 0.25) is 0 Å². The van der Waals surface area contributed by atoms with Gasteiger partial charge < -0.3 is 14.2 Å². The second-order valence-electron chi connectivity index (χ2n) is 14.7. The minimum Gasteiger partial charge on any atom is -0.462 e. The minimum atomic E-state index is -0.796. The number of rotatable bonds is 39. The van der Waals surface area contributed by atoms with Gasteiger partial charge in [-0.15, -0.1) is 0 Å². The van der Waals surface area contributed by atoms with Crippen molar-refractivity contribution >= 4 is 17.9 Å². The maximum atomic E-state index is 12.7. The molecule has 0 aromatic carbocycles. The molecule has 6 heteroatoms. The molecule has 0 aromatic rings. The number of carbonyl (C=O) groups is 3. The van der Waals surface area contributed by atoms with Gasteiger partial charge in [-0.05, 0) is 32.1 Å². The Morgan fingerprint density at radius 3 is 1.13 bits per heavy atom. The van der Waals surface area contributed by atoms with Crippen molar-refractivity contribution < 1.29 is 28.6 Å². The van der Waals surface area contributed by atoms with E-state index in [1.165, 1.54) is 109 Å². The summed E-state index contributed by atoms with van der Waals surface area (Å²) >= 11 is 0. The first-order valence-electron chi connectivity index (χ1n) is 22.4. The fraction of sp³-hybridized carbons (Fsp3) is 0.729. The summed E-state index contributed by atoms with van der Waals surface area (Å²) in [6.45, 7) is 6.40. The van der Waals surface area contributed by atoms with Crippen molar-refractivity contribution in [3.8, 4) is 0 Å². The molecule has 0 fully saturated rings. The molecule has 0 rings (SSSR count). The zero-order chi connectivity index (χ0) is 39.4. The van der Waals surface area contributed by atoms with Crippen LogP contribution in [0.25, 0.3) is 0 Å². The van der Waals surface area contributed by atoms with E-state index in [0.717, 1.165) is 51.4 Å². The third-order valence-electron chi connectivity index (χ3n) is 9.41. The van der Waals surface area contributed by atoms with Crippen molar-refractivity contribution in [1.82, 2.24) is 0 Å². The quantitative estimate of drug-likeness (QED) is 0.0269. The summed E-state index contributed by atoms with van der Waals surface area (Å²) in [5.74, 6) is -0.974. The topological polar surface area (TPSA) is 78.9 Å². The fourth-order valence-corrected chi connectivity index (χ4v) is 6.06. The Bertz CT molecular complexity index is 1010. The van der Waals surface area contributed by atoms with E-state index in [1.807, 2.05) is 54.7 Å². The first-order valence-corrected chi connectivity index (χ1v) is 22.4. The van der Waals surface area contributed by atoms with Crippen LogP contribution >= 0.6 is 0 Å². The number of unbranched alkanes of at least 4 members (excludes halogenated alkanes) is 22. The molecule has 0 bridgehead atoms. The highest BCUT2D eigenvalue weighted by Gasteiger charge is 2.19. The van der Waals surface area contributed by atoms with Gasteiger partial charge in [-0.2, -0.15) is 0 Å². The molecule has 0 amide bonds. The number of carbonyl (C=O) groups excluding carboxylic acids is 3. The predicted molar refractivity (Wildman–Crippen MR) is 228 cm³/mol. The summed E-state index contributed by atoms with van der Waals surface area (Å²) in [5.41, 5.74) is 0. The van der Waals surface area contributed by atoms with Crippen LogP contribution in [0.15, 0.2) is 60.8 Å². The molecular weight excluding hydrogens is 673 g/mol. The van der Waals surface area contributed by atoms with Crippen LogP contribution in [0.4, 0.5) is 0 Å². The van der Waals surface area contributed by atoms with Crippen LogP contribution in [0, 0.1) is 0 Å². The molecule has 0 aliphatic rings. The monoisotopic (exact) mass is 755 g/mol. The number of hydrogen-bond donors (Lipinski definition) is 0. The van der Waals surface area contributed by atoms with Crippen molar-refractivity contribution in [3.63, 3.8) is 0 Å². The molecule has 0 saturated carbocycles. The molecule has 0 N–H and O–H groups in total. The molecule has 1 unspecified atom stereocenters. The Balaban J connectivity index is 4.48. The number of hydrogen-bond acceptors (Lipinski definition) is 6. The standard InChI is InChI=1S/C48H82O6/c1-4-7-10-13-16-19-22-24-26-29-32-35-38-41-47(50)53-44-45(43-52-46(49)40-37-34-31-28-21-18-15-12-9-6-3)54-48(51)42-39-36-33-30-27-25-23-20-17-14-11-8-5-2/h7,10,13,16,19,22,24,26,29,32,45H,4-6,8-9,11-12,14-15,17-18,20-21,23,25,27-28,30-31,33-44H2,1-3H3/b10-7-,16-13-,22-19-,26-24-,32-29-. The summed E-state index contributed by atoms with van der Waals surface area (Å²) in [6.07, 6.45) is 50.6. The normalized spacial score (nSPS) is 12.6. The van der Waals surface area contributed by atoms with Crippen LogP contribution < -0.4 is 0 Å². The third kappa shape index (κ3) is 40.3. The van der Waals surface area contributed by atoms with Crippen molar-refractivity contribution in [2.75, 3.05) is 13.2 Å². The first kappa shape index (κ1) is 51.1. The largest absolute Gasteiger partial charge is 0.462 e. The highest BCUT2D eigenvalue weighted by molar-refractivity contribution is 5.71. The smallest absolute Gasteiger partial charge is 0.306 e. The van der Waals surface area contributed by atoms with E-state index in [4.69, 9.17) is 14.2 Å². The molecule has 0 aliphatic carbocycles. The Kier molecular flexibility index (Phi) is 40.6. The zero-order valence-corrected chi connectivity index (χ0v) is 35.2. The van der Waals surface area contributed by atoms with Crippen molar-refractivity contribution in [1.29, 1.82) is 0 Å². The average molecular weight is 755 g/mol. The predicted octanol–water partition coefficient (Wildman–Crippen LogP) is 14.1. The van der Waals surface area contributed by atoms with Crippen LogP contribution in [0.3, 0.4) is 0 Å². The number of ether oxygens (including phenoxy) is 3. The SMILES string of the molecule is CC\C=C/C=C\C=C/C=C\C=C/CCCC(=O)OCC(COC(=O)CCCCCCCCCCCC)OC(=O)CCCCCCCCCCCCCCC. The molecule has 0 saturated heterocycles. The molecule has 0 radical (unpaired) electrons. The van der Waals surface area contributed by atoms with Crippen LogP contribution in [0.1, 0.15) is 207 Å². The van der Waals surface area contributed by atoms with Crippen LogP contribution in [-0.4, -0.2) is 37.2 Å². The molecule has 0 heterocycles. The molecule has 6 nitrogen and oxygen atoms in total.